The molecule has 0 fully saturated rings. The molecule has 0 aliphatic rings. The van der Waals surface area contributed by atoms with Crippen LogP contribution in [0.15, 0.2) is 36.8 Å². The SMILES string of the molecule is CN(C)c1cnc2[nH]cc(Cc3ccc(N)nc3)c2c1. The molecule has 102 valence electrons. The average Bonchev–Trinajstić information content (AvgIpc) is 2.84. The van der Waals surface area contributed by atoms with Crippen LogP contribution in [0.1, 0.15) is 11.1 Å². The molecule has 0 amide bonds. The fourth-order valence-electron chi connectivity index (χ4n) is 2.20. The third kappa shape index (κ3) is 2.30. The summed E-state index contributed by atoms with van der Waals surface area (Å²) in [6, 6.07) is 5.98. The second-order valence-corrected chi connectivity index (χ2v) is 5.07. The minimum absolute atomic E-state index is 0.546. The lowest BCUT2D eigenvalue weighted by molar-refractivity contribution is 1.12. The van der Waals surface area contributed by atoms with E-state index in [0.717, 1.165) is 28.7 Å². The fraction of sp³-hybridized carbons (Fsp3) is 0.200. The molecule has 0 saturated heterocycles. The molecular formula is C15H17N5. The molecule has 3 N–H and O–H groups in total. The van der Waals surface area contributed by atoms with Crippen molar-refractivity contribution in [3.63, 3.8) is 0 Å². The number of pyridine rings is 2. The summed E-state index contributed by atoms with van der Waals surface area (Å²) in [6.45, 7) is 0. The first-order chi connectivity index (χ1) is 9.63. The van der Waals surface area contributed by atoms with E-state index in [9.17, 15) is 0 Å². The number of aromatic nitrogens is 3. The van der Waals surface area contributed by atoms with Crippen LogP contribution in [0.3, 0.4) is 0 Å². The molecule has 3 aromatic heterocycles. The van der Waals surface area contributed by atoms with Gasteiger partial charge in [-0.1, -0.05) is 6.07 Å². The first kappa shape index (κ1) is 12.5. The maximum Gasteiger partial charge on any atom is 0.137 e. The summed E-state index contributed by atoms with van der Waals surface area (Å²) in [6.07, 6.45) is 6.50. The summed E-state index contributed by atoms with van der Waals surface area (Å²) in [5.74, 6) is 0.546. The van der Waals surface area contributed by atoms with E-state index in [-0.39, 0.29) is 0 Å². The van der Waals surface area contributed by atoms with E-state index in [1.54, 1.807) is 0 Å². The van der Waals surface area contributed by atoms with Crippen LogP contribution in [-0.2, 0) is 6.42 Å². The summed E-state index contributed by atoms with van der Waals surface area (Å²) in [5, 5.41) is 1.15. The van der Waals surface area contributed by atoms with Crippen molar-refractivity contribution < 1.29 is 0 Å². The van der Waals surface area contributed by atoms with Crippen molar-refractivity contribution in [2.45, 2.75) is 6.42 Å². The van der Waals surface area contributed by atoms with Gasteiger partial charge in [0, 0.05) is 38.3 Å². The van der Waals surface area contributed by atoms with Crippen molar-refractivity contribution in [3.05, 3.63) is 47.9 Å². The van der Waals surface area contributed by atoms with Gasteiger partial charge in [0.05, 0.1) is 11.9 Å². The summed E-state index contributed by atoms with van der Waals surface area (Å²) in [4.78, 5) is 13.8. The fourth-order valence-corrected chi connectivity index (χ4v) is 2.20. The number of anilines is 2. The van der Waals surface area contributed by atoms with Gasteiger partial charge in [-0.2, -0.15) is 0 Å². The lowest BCUT2D eigenvalue weighted by atomic mass is 10.1. The second kappa shape index (κ2) is 4.85. The van der Waals surface area contributed by atoms with Crippen molar-refractivity contribution in [2.24, 2.45) is 0 Å². The predicted octanol–water partition coefficient (Wildman–Crippen LogP) is 2.20. The molecule has 0 atom stereocenters. The zero-order valence-corrected chi connectivity index (χ0v) is 11.6. The molecule has 20 heavy (non-hydrogen) atoms. The zero-order chi connectivity index (χ0) is 14.1. The van der Waals surface area contributed by atoms with E-state index >= 15 is 0 Å². The molecule has 5 nitrogen and oxygen atoms in total. The molecule has 3 rings (SSSR count). The lowest BCUT2D eigenvalue weighted by Gasteiger charge is -2.11. The Morgan fingerprint density at radius 3 is 2.75 bits per heavy atom. The quantitative estimate of drug-likeness (QED) is 0.763. The first-order valence-electron chi connectivity index (χ1n) is 6.47. The van der Waals surface area contributed by atoms with Gasteiger partial charge in [0.2, 0.25) is 0 Å². The van der Waals surface area contributed by atoms with Crippen LogP contribution in [0.4, 0.5) is 11.5 Å². The highest BCUT2D eigenvalue weighted by atomic mass is 15.1. The van der Waals surface area contributed by atoms with E-state index in [0.29, 0.717) is 5.82 Å². The first-order valence-corrected chi connectivity index (χ1v) is 6.47. The van der Waals surface area contributed by atoms with Crippen LogP contribution < -0.4 is 10.6 Å². The van der Waals surface area contributed by atoms with Crippen LogP contribution >= 0.6 is 0 Å². The smallest absolute Gasteiger partial charge is 0.137 e. The molecule has 0 bridgehead atoms. The van der Waals surface area contributed by atoms with E-state index in [1.807, 2.05) is 49.7 Å². The minimum atomic E-state index is 0.546. The number of aromatic amines is 1. The zero-order valence-electron chi connectivity index (χ0n) is 11.6. The van der Waals surface area contributed by atoms with Gasteiger partial charge in [-0.15, -0.1) is 0 Å². The number of fused-ring (bicyclic) bond motifs is 1. The Bertz CT molecular complexity index is 728. The van der Waals surface area contributed by atoms with Gasteiger partial charge >= 0.3 is 0 Å². The molecule has 5 heteroatoms. The van der Waals surface area contributed by atoms with Crippen LogP contribution in [0.25, 0.3) is 11.0 Å². The Morgan fingerprint density at radius 2 is 2.05 bits per heavy atom. The molecule has 3 aromatic rings. The number of nitrogen functional groups attached to an aromatic ring is 1. The van der Waals surface area contributed by atoms with Gasteiger partial charge < -0.3 is 15.6 Å². The van der Waals surface area contributed by atoms with Gasteiger partial charge in [-0.3, -0.25) is 0 Å². The molecule has 0 aliphatic carbocycles. The Morgan fingerprint density at radius 1 is 1.20 bits per heavy atom. The Kier molecular flexibility index (Phi) is 3.02. The van der Waals surface area contributed by atoms with Crippen LogP contribution in [0.5, 0.6) is 0 Å². The Balaban J connectivity index is 1.98. The molecular weight excluding hydrogens is 250 g/mol. The number of rotatable bonds is 3. The lowest BCUT2D eigenvalue weighted by Crippen LogP contribution is -2.08. The highest BCUT2D eigenvalue weighted by molar-refractivity contribution is 5.83. The van der Waals surface area contributed by atoms with E-state index in [2.05, 4.69) is 21.0 Å². The molecule has 0 aromatic carbocycles. The van der Waals surface area contributed by atoms with Crippen LogP contribution in [0.2, 0.25) is 0 Å². The molecule has 0 saturated carbocycles. The van der Waals surface area contributed by atoms with E-state index < -0.39 is 0 Å². The van der Waals surface area contributed by atoms with E-state index in [4.69, 9.17) is 5.73 Å². The number of H-pyrrole nitrogens is 1. The largest absolute Gasteiger partial charge is 0.384 e. The second-order valence-electron chi connectivity index (χ2n) is 5.07. The summed E-state index contributed by atoms with van der Waals surface area (Å²) in [5.41, 5.74) is 9.96. The van der Waals surface area contributed by atoms with Crippen molar-refractivity contribution >= 4 is 22.5 Å². The standard InChI is InChI=1S/C15H17N5/c1-20(2)12-6-13-11(8-18-15(13)19-9-12)5-10-3-4-14(16)17-7-10/h3-4,6-9H,5H2,1-2H3,(H2,16,17)(H,18,19). The van der Waals surface area contributed by atoms with Crippen molar-refractivity contribution in [2.75, 3.05) is 24.7 Å². The van der Waals surface area contributed by atoms with Gasteiger partial charge in [-0.05, 0) is 23.3 Å². The molecule has 0 spiro atoms. The van der Waals surface area contributed by atoms with Gasteiger partial charge in [0.25, 0.3) is 0 Å². The van der Waals surface area contributed by atoms with Gasteiger partial charge in [-0.25, -0.2) is 9.97 Å². The third-order valence-corrected chi connectivity index (χ3v) is 3.36. The molecule has 0 aliphatic heterocycles. The molecule has 0 radical (unpaired) electrons. The number of nitrogens with two attached hydrogens (primary N) is 1. The van der Waals surface area contributed by atoms with Gasteiger partial charge in [0.15, 0.2) is 0 Å². The number of hydrogen-bond acceptors (Lipinski definition) is 4. The third-order valence-electron chi connectivity index (χ3n) is 3.36. The predicted molar refractivity (Wildman–Crippen MR) is 81.9 cm³/mol. The van der Waals surface area contributed by atoms with Crippen molar-refractivity contribution in [1.29, 1.82) is 0 Å². The van der Waals surface area contributed by atoms with Crippen LogP contribution in [-0.4, -0.2) is 29.0 Å². The number of nitrogens with one attached hydrogen (secondary N) is 1. The number of nitrogens with zero attached hydrogens (tertiary/aromatic N) is 3. The molecule has 3 heterocycles. The van der Waals surface area contributed by atoms with Crippen LogP contribution in [0, 0.1) is 0 Å². The average molecular weight is 267 g/mol. The van der Waals surface area contributed by atoms with E-state index in [1.165, 1.54) is 5.56 Å². The van der Waals surface area contributed by atoms with Crippen molar-refractivity contribution in [3.8, 4) is 0 Å². The highest BCUT2D eigenvalue weighted by Gasteiger charge is 2.08. The monoisotopic (exact) mass is 267 g/mol. The van der Waals surface area contributed by atoms with Crippen molar-refractivity contribution in [1.82, 2.24) is 15.0 Å². The maximum atomic E-state index is 5.61. The Hall–Kier alpha value is -2.56. The minimum Gasteiger partial charge on any atom is -0.384 e. The summed E-state index contributed by atoms with van der Waals surface area (Å²) >= 11 is 0. The number of hydrogen-bond donors (Lipinski definition) is 2. The topological polar surface area (TPSA) is 70.8 Å². The summed E-state index contributed by atoms with van der Waals surface area (Å²) in [7, 11) is 4.03. The summed E-state index contributed by atoms with van der Waals surface area (Å²) < 4.78 is 0. The maximum absolute atomic E-state index is 5.61. The normalized spacial score (nSPS) is 10.9. The molecule has 0 unspecified atom stereocenters. The van der Waals surface area contributed by atoms with Gasteiger partial charge in [0.1, 0.15) is 11.5 Å². The highest BCUT2D eigenvalue weighted by Crippen LogP contribution is 2.23. The Labute approximate surface area is 117 Å².